The van der Waals surface area contributed by atoms with Gasteiger partial charge in [-0.25, -0.2) is 19.0 Å². The average molecular weight is 251 g/mol. The Hall–Kier alpha value is -0.860. The summed E-state index contributed by atoms with van der Waals surface area (Å²) in [7, 11) is -3.24. The van der Waals surface area contributed by atoms with Crippen LogP contribution in [0.5, 0.6) is 0 Å². The largest absolute Gasteiger partial charge is 0.356 e. The summed E-state index contributed by atoms with van der Waals surface area (Å²) in [6.07, 6.45) is 1.12. The minimum absolute atomic E-state index is 0.284. The normalized spacial score (nSPS) is 13.7. The Morgan fingerprint density at radius 3 is 2.38 bits per heavy atom. The maximum Gasteiger partial charge on any atom is 0.209 e. The Kier molecular flexibility index (Phi) is 5.70. The average Bonchev–Trinajstić information content (AvgIpc) is 2.08. The first-order valence-electron chi connectivity index (χ1n) is 4.94. The van der Waals surface area contributed by atoms with Crippen molar-refractivity contribution in [2.75, 3.05) is 19.3 Å². The van der Waals surface area contributed by atoms with Crippen LogP contribution < -0.4 is 21.3 Å². The first-order chi connectivity index (χ1) is 7.20. The lowest BCUT2D eigenvalue weighted by Crippen LogP contribution is -2.47. The van der Waals surface area contributed by atoms with Gasteiger partial charge in [-0.3, -0.25) is 10.4 Å². The molecule has 0 rings (SSSR count). The van der Waals surface area contributed by atoms with Crippen LogP contribution in [-0.4, -0.2) is 39.3 Å². The Morgan fingerprint density at radius 1 is 1.44 bits per heavy atom. The van der Waals surface area contributed by atoms with E-state index >= 15 is 0 Å². The van der Waals surface area contributed by atoms with Crippen LogP contribution in [0, 0.1) is 0 Å². The number of hydrogen-bond donors (Lipinski definition) is 4. The van der Waals surface area contributed by atoms with Crippen molar-refractivity contribution in [2.45, 2.75) is 26.3 Å². The molecule has 0 bridgehead atoms. The van der Waals surface area contributed by atoms with Gasteiger partial charge >= 0.3 is 0 Å². The second kappa shape index (κ2) is 6.02. The van der Waals surface area contributed by atoms with E-state index in [9.17, 15) is 8.42 Å². The van der Waals surface area contributed by atoms with Gasteiger partial charge in [0.15, 0.2) is 0 Å². The van der Waals surface area contributed by atoms with Gasteiger partial charge in [0.1, 0.15) is 0 Å². The summed E-state index contributed by atoms with van der Waals surface area (Å²) in [6.45, 7) is 6.37. The second-order valence-corrected chi connectivity index (χ2v) is 5.85. The molecule has 96 valence electrons. The van der Waals surface area contributed by atoms with Gasteiger partial charge in [-0.05, 0) is 20.8 Å². The smallest absolute Gasteiger partial charge is 0.209 e. The molecule has 0 saturated carbocycles. The third kappa shape index (κ3) is 7.43. The Morgan fingerprint density at radius 2 is 2.00 bits per heavy atom. The van der Waals surface area contributed by atoms with E-state index in [1.165, 1.54) is 0 Å². The van der Waals surface area contributed by atoms with E-state index in [1.54, 1.807) is 13.8 Å². The van der Waals surface area contributed by atoms with E-state index in [2.05, 4.69) is 20.5 Å². The number of hydrazine groups is 1. The standard InChI is InChI=1S/C8H21N5O2S/c1-5-10-7(12-9)11-6-8(2,3)13-16(4,14)15/h13H,5-6,9H2,1-4H3,(H2,10,11,12). The monoisotopic (exact) mass is 251 g/mol. The molecule has 0 unspecified atom stereocenters. The van der Waals surface area contributed by atoms with E-state index in [4.69, 9.17) is 5.84 Å². The number of rotatable bonds is 5. The van der Waals surface area contributed by atoms with Crippen LogP contribution in [0.2, 0.25) is 0 Å². The summed E-state index contributed by atoms with van der Waals surface area (Å²) >= 11 is 0. The molecule has 0 heterocycles. The Labute approximate surface area is 96.9 Å². The highest BCUT2D eigenvalue weighted by Crippen LogP contribution is 2.03. The Balaban J connectivity index is 4.46. The zero-order valence-corrected chi connectivity index (χ0v) is 11.0. The minimum atomic E-state index is -3.24. The fraction of sp³-hybridized carbons (Fsp3) is 0.875. The molecule has 0 amide bonds. The first kappa shape index (κ1) is 15.1. The van der Waals surface area contributed by atoms with E-state index in [1.807, 2.05) is 6.92 Å². The molecule has 0 aromatic carbocycles. The maximum absolute atomic E-state index is 11.1. The highest BCUT2D eigenvalue weighted by molar-refractivity contribution is 7.88. The first-order valence-corrected chi connectivity index (χ1v) is 6.83. The molecule has 0 aliphatic carbocycles. The molecule has 0 aliphatic rings. The van der Waals surface area contributed by atoms with Crippen molar-refractivity contribution in [2.24, 2.45) is 10.8 Å². The zero-order valence-electron chi connectivity index (χ0n) is 10.2. The van der Waals surface area contributed by atoms with Gasteiger partial charge in [0.25, 0.3) is 0 Å². The van der Waals surface area contributed by atoms with Gasteiger partial charge in [0.2, 0.25) is 16.0 Å². The van der Waals surface area contributed by atoms with Crippen molar-refractivity contribution in [1.82, 2.24) is 15.5 Å². The molecule has 0 aliphatic heterocycles. The second-order valence-electron chi connectivity index (χ2n) is 4.10. The van der Waals surface area contributed by atoms with Crippen LogP contribution in [0.4, 0.5) is 0 Å². The number of sulfonamides is 1. The van der Waals surface area contributed by atoms with Crippen molar-refractivity contribution in [1.29, 1.82) is 0 Å². The molecular weight excluding hydrogens is 230 g/mol. The Bertz CT molecular complexity index is 336. The molecule has 16 heavy (non-hydrogen) atoms. The molecule has 0 saturated heterocycles. The third-order valence-corrected chi connectivity index (χ3v) is 2.50. The quantitative estimate of drug-likeness (QED) is 0.211. The van der Waals surface area contributed by atoms with E-state index in [0.717, 1.165) is 6.26 Å². The van der Waals surface area contributed by atoms with Gasteiger partial charge in [0, 0.05) is 12.1 Å². The molecule has 0 atom stereocenters. The highest BCUT2D eigenvalue weighted by Gasteiger charge is 2.21. The van der Waals surface area contributed by atoms with Crippen LogP contribution in [0.25, 0.3) is 0 Å². The van der Waals surface area contributed by atoms with Gasteiger partial charge in [-0.15, -0.1) is 0 Å². The lowest BCUT2D eigenvalue weighted by molar-refractivity contribution is 0.464. The summed E-state index contributed by atoms with van der Waals surface area (Å²) in [6, 6.07) is 0. The minimum Gasteiger partial charge on any atom is -0.356 e. The molecule has 5 N–H and O–H groups in total. The zero-order chi connectivity index (χ0) is 12.8. The number of nitrogens with one attached hydrogen (secondary N) is 3. The topological polar surface area (TPSA) is 109 Å². The third-order valence-electron chi connectivity index (χ3n) is 1.58. The van der Waals surface area contributed by atoms with Crippen molar-refractivity contribution >= 4 is 16.0 Å². The molecule has 8 heteroatoms. The van der Waals surface area contributed by atoms with Crippen molar-refractivity contribution < 1.29 is 8.42 Å². The molecule has 0 aromatic heterocycles. The van der Waals surface area contributed by atoms with Crippen LogP contribution in [-0.2, 0) is 10.0 Å². The van der Waals surface area contributed by atoms with Gasteiger partial charge in [-0.2, -0.15) is 0 Å². The molecule has 0 fully saturated rings. The van der Waals surface area contributed by atoms with Crippen LogP contribution in [0.15, 0.2) is 4.99 Å². The lowest BCUT2D eigenvalue weighted by atomic mass is 10.1. The van der Waals surface area contributed by atoms with Gasteiger partial charge < -0.3 is 5.32 Å². The number of hydrogen-bond acceptors (Lipinski definition) is 4. The summed E-state index contributed by atoms with van der Waals surface area (Å²) < 4.78 is 24.6. The molecule has 0 aromatic rings. The number of guanidine groups is 1. The van der Waals surface area contributed by atoms with E-state index < -0.39 is 15.6 Å². The predicted octanol–water partition coefficient (Wildman–Crippen LogP) is -1.26. The van der Waals surface area contributed by atoms with E-state index in [0.29, 0.717) is 12.5 Å². The van der Waals surface area contributed by atoms with Gasteiger partial charge in [0.05, 0.1) is 12.8 Å². The highest BCUT2D eigenvalue weighted by atomic mass is 32.2. The summed E-state index contributed by atoms with van der Waals surface area (Å²) in [5.41, 5.74) is 1.75. The van der Waals surface area contributed by atoms with Crippen molar-refractivity contribution in [3.8, 4) is 0 Å². The number of aliphatic imine (C=N–C) groups is 1. The van der Waals surface area contributed by atoms with Gasteiger partial charge in [-0.1, -0.05) is 0 Å². The fourth-order valence-electron chi connectivity index (χ4n) is 1.13. The lowest BCUT2D eigenvalue weighted by Gasteiger charge is -2.23. The van der Waals surface area contributed by atoms with Crippen LogP contribution in [0.1, 0.15) is 20.8 Å². The fourth-order valence-corrected chi connectivity index (χ4v) is 2.20. The van der Waals surface area contributed by atoms with Crippen molar-refractivity contribution in [3.63, 3.8) is 0 Å². The van der Waals surface area contributed by atoms with E-state index in [-0.39, 0.29) is 6.54 Å². The van der Waals surface area contributed by atoms with Crippen molar-refractivity contribution in [3.05, 3.63) is 0 Å². The molecule has 0 radical (unpaired) electrons. The molecular formula is C8H21N5O2S. The van der Waals surface area contributed by atoms with Crippen LogP contribution in [0.3, 0.4) is 0 Å². The summed E-state index contributed by atoms with van der Waals surface area (Å²) in [5, 5.41) is 2.90. The maximum atomic E-state index is 11.1. The predicted molar refractivity (Wildman–Crippen MR) is 65.4 cm³/mol. The molecule has 0 spiro atoms. The molecule has 7 nitrogen and oxygen atoms in total. The number of nitrogens with zero attached hydrogens (tertiary/aromatic N) is 1. The SMILES string of the molecule is CCNC(=NCC(C)(C)NS(C)(=O)=O)NN. The number of nitrogens with two attached hydrogens (primary N) is 1. The summed E-state index contributed by atoms with van der Waals surface area (Å²) in [5.74, 6) is 5.67. The van der Waals surface area contributed by atoms with Crippen LogP contribution >= 0.6 is 0 Å². The summed E-state index contributed by atoms with van der Waals surface area (Å²) in [4.78, 5) is 4.13.